The molecule has 0 atom stereocenters. The van der Waals surface area contributed by atoms with Gasteiger partial charge in [-0.05, 0) is 43.9 Å². The molecule has 1 aliphatic carbocycles. The van der Waals surface area contributed by atoms with Crippen LogP contribution in [0.4, 0.5) is 0 Å². The summed E-state index contributed by atoms with van der Waals surface area (Å²) in [6, 6.07) is 9.61. The van der Waals surface area contributed by atoms with E-state index in [4.69, 9.17) is 35.7 Å². The van der Waals surface area contributed by atoms with Crippen LogP contribution in [0, 0.1) is 5.92 Å². The average molecular weight is 474 g/mol. The van der Waals surface area contributed by atoms with E-state index in [0.29, 0.717) is 79.1 Å². The number of H-pyrrole nitrogens is 1. The number of imidazole rings is 1. The monoisotopic (exact) mass is 473 g/mol. The van der Waals surface area contributed by atoms with Crippen molar-refractivity contribution in [3.63, 3.8) is 0 Å². The van der Waals surface area contributed by atoms with Gasteiger partial charge in [0.05, 0.1) is 29.8 Å². The number of carboxylic acids is 1. The van der Waals surface area contributed by atoms with Crippen LogP contribution in [0.3, 0.4) is 0 Å². The maximum atomic E-state index is 11.1. The van der Waals surface area contributed by atoms with E-state index in [1.807, 2.05) is 24.3 Å². The van der Waals surface area contributed by atoms with Crippen molar-refractivity contribution in [1.82, 2.24) is 15.0 Å². The zero-order chi connectivity index (χ0) is 22.8. The fraction of sp³-hybridized carbons (Fsp3) is 0.435. The number of pyridine rings is 1. The number of aromatic nitrogens is 3. The number of carbonyl (C=O) groups is 1. The highest BCUT2D eigenvalue weighted by Crippen LogP contribution is 2.32. The average Bonchev–Trinajstić information content (AvgIpc) is 3.47. The van der Waals surface area contributed by atoms with E-state index in [9.17, 15) is 4.79 Å². The van der Waals surface area contributed by atoms with Crippen molar-refractivity contribution in [2.24, 2.45) is 5.92 Å². The van der Waals surface area contributed by atoms with Gasteiger partial charge in [0, 0.05) is 5.56 Å². The number of nitrogens with one attached hydrogen (secondary N) is 1. The molecule has 0 bridgehead atoms. The number of rotatable bonds is 7. The first-order valence-electron chi connectivity index (χ1n) is 11.0. The minimum Gasteiger partial charge on any atom is -0.488 e. The molecule has 1 aliphatic heterocycles. The summed E-state index contributed by atoms with van der Waals surface area (Å²) >= 11 is 6.52. The van der Waals surface area contributed by atoms with Crippen LogP contribution in [0.15, 0.2) is 30.3 Å². The molecule has 1 aromatic carbocycles. The molecule has 2 N–H and O–H groups in total. The number of halogens is 1. The predicted octanol–water partition coefficient (Wildman–Crippen LogP) is 4.05. The number of benzene rings is 1. The van der Waals surface area contributed by atoms with E-state index >= 15 is 0 Å². The molecule has 5 rings (SSSR count). The summed E-state index contributed by atoms with van der Waals surface area (Å²) in [7, 11) is 0. The third-order valence-corrected chi connectivity index (χ3v) is 6.18. The van der Waals surface area contributed by atoms with Gasteiger partial charge in [0.2, 0.25) is 0 Å². The van der Waals surface area contributed by atoms with E-state index in [2.05, 4.69) is 15.0 Å². The van der Waals surface area contributed by atoms with Crippen molar-refractivity contribution in [2.45, 2.75) is 38.1 Å². The van der Waals surface area contributed by atoms with Gasteiger partial charge in [-0.25, -0.2) is 4.98 Å². The molecule has 3 aromatic rings. The van der Waals surface area contributed by atoms with E-state index < -0.39 is 5.97 Å². The van der Waals surface area contributed by atoms with Gasteiger partial charge in [0.1, 0.15) is 24.0 Å². The molecular weight excluding hydrogens is 450 g/mol. The predicted molar refractivity (Wildman–Crippen MR) is 120 cm³/mol. The maximum absolute atomic E-state index is 11.1. The van der Waals surface area contributed by atoms with Gasteiger partial charge in [0.15, 0.2) is 11.9 Å². The van der Waals surface area contributed by atoms with Crippen molar-refractivity contribution in [2.75, 3.05) is 19.8 Å². The lowest BCUT2D eigenvalue weighted by Gasteiger charge is -2.25. The molecular formula is C23H24ClN3O6. The zero-order valence-corrected chi connectivity index (χ0v) is 18.6. The van der Waals surface area contributed by atoms with Gasteiger partial charge < -0.3 is 24.1 Å². The molecule has 2 fully saturated rings. The Morgan fingerprint density at radius 2 is 1.94 bits per heavy atom. The second kappa shape index (κ2) is 9.54. The normalized spacial score (nSPS) is 21.4. The number of fused-ring (bicyclic) bond motifs is 1. The van der Waals surface area contributed by atoms with Crippen molar-refractivity contribution < 1.29 is 28.8 Å². The second-order valence-electron chi connectivity index (χ2n) is 8.17. The van der Waals surface area contributed by atoms with Gasteiger partial charge in [-0.3, -0.25) is 9.78 Å². The van der Waals surface area contributed by atoms with Crippen molar-refractivity contribution >= 4 is 28.7 Å². The minimum absolute atomic E-state index is 0.0715. The quantitative estimate of drug-likeness (QED) is 0.528. The number of hydrogen-bond donors (Lipinski definition) is 2. The van der Waals surface area contributed by atoms with Crippen molar-refractivity contribution in [3.8, 4) is 23.0 Å². The first kappa shape index (κ1) is 21.9. The Bertz CT molecular complexity index is 1140. The Kier molecular flexibility index (Phi) is 6.34. The smallest absolute Gasteiger partial charge is 0.306 e. The summed E-state index contributed by atoms with van der Waals surface area (Å²) < 4.78 is 22.6. The van der Waals surface area contributed by atoms with E-state index in [0.717, 1.165) is 5.56 Å². The number of hydrogen-bond acceptors (Lipinski definition) is 7. The summed E-state index contributed by atoms with van der Waals surface area (Å²) in [6.07, 6.45) is 2.14. The third kappa shape index (κ3) is 5.05. The largest absolute Gasteiger partial charge is 0.488 e. The van der Waals surface area contributed by atoms with E-state index in [1.165, 1.54) is 0 Å². The highest BCUT2D eigenvalue weighted by molar-refractivity contribution is 6.33. The molecule has 0 spiro atoms. The van der Waals surface area contributed by atoms with Gasteiger partial charge in [-0.2, -0.15) is 4.98 Å². The number of carboxylic acid groups (broad SMARTS) is 1. The molecule has 1 saturated heterocycles. The van der Waals surface area contributed by atoms with Gasteiger partial charge >= 0.3 is 5.97 Å². The topological polar surface area (TPSA) is 116 Å². The van der Waals surface area contributed by atoms with Crippen molar-refractivity contribution in [1.29, 1.82) is 0 Å². The molecule has 2 aromatic heterocycles. The third-order valence-electron chi connectivity index (χ3n) is 5.89. The van der Waals surface area contributed by atoms with Gasteiger partial charge in [0.25, 0.3) is 6.01 Å². The molecule has 0 amide bonds. The highest BCUT2D eigenvalue weighted by Gasteiger charge is 2.27. The van der Waals surface area contributed by atoms with Crippen LogP contribution >= 0.6 is 11.6 Å². The molecule has 0 unspecified atom stereocenters. The Balaban J connectivity index is 1.30. The van der Waals surface area contributed by atoms with Crippen LogP contribution in [0.2, 0.25) is 5.02 Å². The Hall–Kier alpha value is -2.88. The second-order valence-corrected chi connectivity index (χ2v) is 8.58. The summed E-state index contributed by atoms with van der Waals surface area (Å²) in [6.45, 7) is 1.46. The van der Waals surface area contributed by atoms with Gasteiger partial charge in [-0.15, -0.1) is 0 Å². The molecule has 10 heteroatoms. The molecule has 3 heterocycles. The van der Waals surface area contributed by atoms with Crippen LogP contribution in [-0.2, 0) is 14.3 Å². The van der Waals surface area contributed by atoms with Crippen LogP contribution in [-0.4, -0.2) is 58.2 Å². The summed E-state index contributed by atoms with van der Waals surface area (Å²) in [4.78, 5) is 23.4. The minimum atomic E-state index is -0.738. The molecule has 33 heavy (non-hydrogen) atoms. The van der Waals surface area contributed by atoms with Crippen LogP contribution < -0.4 is 9.47 Å². The standard InChI is InChI=1S/C23H24ClN3O6/c24-17-11-18-21(27-23(25-18)33-15-6-4-13(5-7-15)22(28)29)26-20(17)14-2-1-3-16(10-14)32-12-19-30-8-9-31-19/h1-3,10-11,13,15,19H,4-9,12H2,(H,28,29)(H,25,26,27)/t13-,15-. The number of aliphatic carboxylic acids is 1. The van der Waals surface area contributed by atoms with Crippen molar-refractivity contribution in [3.05, 3.63) is 35.4 Å². The fourth-order valence-electron chi connectivity index (χ4n) is 4.14. The summed E-state index contributed by atoms with van der Waals surface area (Å²) in [5.74, 6) is -0.366. The molecule has 174 valence electrons. The molecule has 9 nitrogen and oxygen atoms in total. The van der Waals surface area contributed by atoms with E-state index in [-0.39, 0.29) is 18.3 Å². The first-order chi connectivity index (χ1) is 16.0. The highest BCUT2D eigenvalue weighted by atomic mass is 35.5. The lowest BCUT2D eigenvalue weighted by atomic mass is 9.87. The molecule has 1 saturated carbocycles. The lowest BCUT2D eigenvalue weighted by Crippen LogP contribution is -2.28. The van der Waals surface area contributed by atoms with Crippen LogP contribution in [0.5, 0.6) is 11.8 Å². The number of ether oxygens (including phenoxy) is 4. The lowest BCUT2D eigenvalue weighted by molar-refractivity contribution is -0.143. The molecule has 2 aliphatic rings. The first-order valence-corrected chi connectivity index (χ1v) is 11.3. The van der Waals surface area contributed by atoms with Crippen LogP contribution in [0.25, 0.3) is 22.4 Å². The number of aromatic amines is 1. The van der Waals surface area contributed by atoms with Gasteiger partial charge in [-0.1, -0.05) is 23.7 Å². The Labute approximate surface area is 195 Å². The summed E-state index contributed by atoms with van der Waals surface area (Å²) in [5, 5.41) is 9.61. The maximum Gasteiger partial charge on any atom is 0.306 e. The fourth-order valence-corrected chi connectivity index (χ4v) is 4.39. The SMILES string of the molecule is O=C(O)[C@H]1CC[C@H](Oc2nc3cc(Cl)c(-c4cccc(OCC5OCCO5)c4)nc3[nH]2)CC1. The Morgan fingerprint density at radius 1 is 1.15 bits per heavy atom. The molecule has 0 radical (unpaired) electrons. The van der Waals surface area contributed by atoms with E-state index in [1.54, 1.807) is 6.07 Å². The van der Waals surface area contributed by atoms with Crippen LogP contribution in [0.1, 0.15) is 25.7 Å². The summed E-state index contributed by atoms with van der Waals surface area (Å²) in [5.41, 5.74) is 2.56. The number of nitrogens with zero attached hydrogens (tertiary/aromatic N) is 2. The Morgan fingerprint density at radius 3 is 2.70 bits per heavy atom. The zero-order valence-electron chi connectivity index (χ0n) is 17.8.